The lowest BCUT2D eigenvalue weighted by Crippen LogP contribution is -2.29. The minimum atomic E-state index is -0.325. The summed E-state index contributed by atoms with van der Waals surface area (Å²) in [5.41, 5.74) is 4.50. The molecule has 0 spiro atoms. The van der Waals surface area contributed by atoms with Crippen LogP contribution in [-0.4, -0.2) is 32.6 Å². The number of hydrogen-bond donors (Lipinski definition) is 3. The highest BCUT2D eigenvalue weighted by atomic mass is 16.3. The number of aromatic nitrogens is 4. The Hall–Kier alpha value is -3.68. The molecule has 1 aromatic carbocycles. The van der Waals surface area contributed by atoms with E-state index in [1.165, 1.54) is 0 Å². The van der Waals surface area contributed by atoms with Gasteiger partial charge < -0.3 is 15.1 Å². The van der Waals surface area contributed by atoms with Gasteiger partial charge in [-0.2, -0.15) is 5.10 Å². The van der Waals surface area contributed by atoms with Crippen LogP contribution < -0.4 is 10.6 Å². The second kappa shape index (κ2) is 8.36. The summed E-state index contributed by atoms with van der Waals surface area (Å²) in [4.78, 5) is 21.7. The zero-order valence-corrected chi connectivity index (χ0v) is 17.2. The first-order chi connectivity index (χ1) is 14.5. The summed E-state index contributed by atoms with van der Waals surface area (Å²) in [6.45, 7) is 6.41. The topological polar surface area (TPSA) is 109 Å². The summed E-state index contributed by atoms with van der Waals surface area (Å²) in [6, 6.07) is 7.50. The Kier molecular flexibility index (Phi) is 5.47. The average Bonchev–Trinajstić information content (AvgIpc) is 3.40. The van der Waals surface area contributed by atoms with E-state index in [1.807, 2.05) is 51.2 Å². The maximum Gasteiger partial charge on any atom is 0.289 e. The smallest absolute Gasteiger partial charge is 0.289 e. The minimum absolute atomic E-state index is 0.142. The van der Waals surface area contributed by atoms with Gasteiger partial charge in [0.2, 0.25) is 5.82 Å². The number of H-pyrrole nitrogens is 1. The molecule has 8 nitrogen and oxygen atoms in total. The Labute approximate surface area is 174 Å². The highest BCUT2D eigenvalue weighted by Crippen LogP contribution is 2.26. The fourth-order valence-corrected chi connectivity index (χ4v) is 3.31. The van der Waals surface area contributed by atoms with Crippen molar-refractivity contribution in [3.05, 3.63) is 71.1 Å². The average molecular weight is 404 g/mol. The van der Waals surface area contributed by atoms with E-state index < -0.39 is 0 Å². The number of carbonyl (C=O) groups excluding carboxylic acids is 1. The number of furan rings is 1. The van der Waals surface area contributed by atoms with E-state index in [4.69, 9.17) is 4.42 Å². The number of rotatable bonds is 7. The van der Waals surface area contributed by atoms with Crippen molar-refractivity contribution in [2.75, 3.05) is 11.9 Å². The number of anilines is 1. The van der Waals surface area contributed by atoms with Gasteiger partial charge in [-0.15, -0.1) is 0 Å². The second-order valence-corrected chi connectivity index (χ2v) is 7.27. The number of fused-ring (bicyclic) bond motifs is 1. The monoisotopic (exact) mass is 404 g/mol. The van der Waals surface area contributed by atoms with E-state index in [-0.39, 0.29) is 17.8 Å². The van der Waals surface area contributed by atoms with Crippen molar-refractivity contribution in [1.29, 1.82) is 0 Å². The van der Waals surface area contributed by atoms with Crippen LogP contribution in [0.5, 0.6) is 0 Å². The molecule has 0 radical (unpaired) electrons. The third-order valence-electron chi connectivity index (χ3n) is 5.18. The molecular formula is C22H24N6O2. The number of aromatic amines is 1. The van der Waals surface area contributed by atoms with Gasteiger partial charge in [0.25, 0.3) is 5.91 Å². The van der Waals surface area contributed by atoms with Gasteiger partial charge >= 0.3 is 0 Å². The van der Waals surface area contributed by atoms with Crippen LogP contribution >= 0.6 is 0 Å². The number of benzene rings is 1. The number of hydrogen-bond acceptors (Lipinski definition) is 6. The molecule has 0 aliphatic heterocycles. The largest absolute Gasteiger partial charge is 0.464 e. The molecule has 154 valence electrons. The van der Waals surface area contributed by atoms with E-state index in [0.717, 1.165) is 39.8 Å². The maximum atomic E-state index is 12.9. The van der Waals surface area contributed by atoms with E-state index in [2.05, 4.69) is 30.8 Å². The molecular weight excluding hydrogens is 380 g/mol. The van der Waals surface area contributed by atoms with Crippen LogP contribution in [0.4, 0.5) is 5.82 Å². The Morgan fingerprint density at radius 1 is 1.23 bits per heavy atom. The van der Waals surface area contributed by atoms with Crippen molar-refractivity contribution in [2.45, 2.75) is 33.2 Å². The van der Waals surface area contributed by atoms with Gasteiger partial charge in [0.1, 0.15) is 11.4 Å². The molecule has 3 N–H and O–H groups in total. The quantitative estimate of drug-likeness (QED) is 0.433. The highest BCUT2D eigenvalue weighted by molar-refractivity contribution is 5.92. The standard InChI is InChI=1S/C22H24N6O2/c1-13-14(2)26-21(28-20(13)23-9-8-16-10-24-25-11-16)22(29)27-15(3)18-12-30-19-7-5-4-6-17(18)19/h4-7,10-12,15H,8-9H2,1-3H3,(H,24,25)(H,27,29)(H,23,26,28). The van der Waals surface area contributed by atoms with Gasteiger partial charge in [-0.3, -0.25) is 9.89 Å². The number of nitrogens with zero attached hydrogens (tertiary/aromatic N) is 3. The molecule has 3 heterocycles. The summed E-state index contributed by atoms with van der Waals surface area (Å²) in [5.74, 6) is 0.481. The lowest BCUT2D eigenvalue weighted by Gasteiger charge is -2.15. The fraction of sp³-hybridized carbons (Fsp3) is 0.273. The molecule has 1 amide bonds. The predicted molar refractivity (Wildman–Crippen MR) is 114 cm³/mol. The van der Waals surface area contributed by atoms with Crippen LogP contribution in [0.3, 0.4) is 0 Å². The van der Waals surface area contributed by atoms with E-state index in [0.29, 0.717) is 12.4 Å². The van der Waals surface area contributed by atoms with Crippen molar-refractivity contribution in [2.24, 2.45) is 0 Å². The van der Waals surface area contributed by atoms with Crippen LogP contribution in [0, 0.1) is 13.8 Å². The lowest BCUT2D eigenvalue weighted by atomic mass is 10.1. The van der Waals surface area contributed by atoms with Crippen molar-refractivity contribution < 1.29 is 9.21 Å². The molecule has 8 heteroatoms. The minimum Gasteiger partial charge on any atom is -0.464 e. The first kappa shape index (κ1) is 19.6. The molecule has 0 aliphatic carbocycles. The molecule has 30 heavy (non-hydrogen) atoms. The van der Waals surface area contributed by atoms with Gasteiger partial charge in [-0.05, 0) is 38.8 Å². The molecule has 0 saturated heterocycles. The Bertz CT molecular complexity index is 1170. The van der Waals surface area contributed by atoms with Crippen LogP contribution in [0.1, 0.15) is 46.0 Å². The summed E-state index contributed by atoms with van der Waals surface area (Å²) < 4.78 is 5.59. The first-order valence-electron chi connectivity index (χ1n) is 9.86. The number of aryl methyl sites for hydroxylation is 1. The molecule has 4 aromatic rings. The zero-order chi connectivity index (χ0) is 21.1. The third kappa shape index (κ3) is 4.03. The normalized spacial score (nSPS) is 12.1. The van der Waals surface area contributed by atoms with Gasteiger partial charge in [0, 0.05) is 34.9 Å². The summed E-state index contributed by atoms with van der Waals surface area (Å²) in [7, 11) is 0. The number of para-hydroxylation sites is 1. The first-order valence-corrected chi connectivity index (χ1v) is 9.86. The van der Waals surface area contributed by atoms with Crippen molar-refractivity contribution >= 4 is 22.7 Å². The van der Waals surface area contributed by atoms with Crippen LogP contribution in [0.25, 0.3) is 11.0 Å². The number of amides is 1. The Morgan fingerprint density at radius 3 is 2.87 bits per heavy atom. The van der Waals surface area contributed by atoms with Gasteiger partial charge in [0.15, 0.2) is 0 Å². The molecule has 0 saturated carbocycles. The summed E-state index contributed by atoms with van der Waals surface area (Å²) in [6.07, 6.45) is 6.13. The highest BCUT2D eigenvalue weighted by Gasteiger charge is 2.19. The van der Waals surface area contributed by atoms with Gasteiger partial charge in [-0.25, -0.2) is 9.97 Å². The van der Waals surface area contributed by atoms with Crippen LogP contribution in [0.2, 0.25) is 0 Å². The summed E-state index contributed by atoms with van der Waals surface area (Å²) >= 11 is 0. The van der Waals surface area contributed by atoms with Gasteiger partial charge in [0.05, 0.1) is 18.5 Å². The van der Waals surface area contributed by atoms with E-state index in [9.17, 15) is 4.79 Å². The van der Waals surface area contributed by atoms with Crippen molar-refractivity contribution in [1.82, 2.24) is 25.5 Å². The third-order valence-corrected chi connectivity index (χ3v) is 5.18. The van der Waals surface area contributed by atoms with Crippen LogP contribution in [-0.2, 0) is 6.42 Å². The Morgan fingerprint density at radius 2 is 2.07 bits per heavy atom. The molecule has 0 fully saturated rings. The van der Waals surface area contributed by atoms with Gasteiger partial charge in [-0.1, -0.05) is 18.2 Å². The molecule has 4 rings (SSSR count). The van der Waals surface area contributed by atoms with E-state index in [1.54, 1.807) is 12.5 Å². The summed E-state index contributed by atoms with van der Waals surface area (Å²) in [5, 5.41) is 14.0. The SMILES string of the molecule is Cc1nc(C(=O)NC(C)c2coc3ccccc23)nc(NCCc2cn[nH]c2)c1C. The second-order valence-electron chi connectivity index (χ2n) is 7.27. The Balaban J connectivity index is 1.48. The van der Waals surface area contributed by atoms with Crippen molar-refractivity contribution in [3.8, 4) is 0 Å². The number of carbonyl (C=O) groups is 1. The van der Waals surface area contributed by atoms with Crippen LogP contribution in [0.15, 0.2) is 47.3 Å². The number of nitrogens with one attached hydrogen (secondary N) is 3. The molecule has 0 aliphatic rings. The predicted octanol–water partition coefficient (Wildman–Crippen LogP) is 3.71. The lowest BCUT2D eigenvalue weighted by molar-refractivity contribution is 0.0929. The fourth-order valence-electron chi connectivity index (χ4n) is 3.31. The molecule has 1 atom stereocenters. The molecule has 1 unspecified atom stereocenters. The molecule has 0 bridgehead atoms. The zero-order valence-electron chi connectivity index (χ0n) is 17.2. The maximum absolute atomic E-state index is 12.9. The van der Waals surface area contributed by atoms with Crippen molar-refractivity contribution in [3.63, 3.8) is 0 Å². The van der Waals surface area contributed by atoms with E-state index >= 15 is 0 Å². The molecule has 3 aromatic heterocycles.